The van der Waals surface area contributed by atoms with Crippen LogP contribution in [0.15, 0.2) is 0 Å². The van der Waals surface area contributed by atoms with Gasteiger partial charge in [-0.3, -0.25) is 0 Å². The van der Waals surface area contributed by atoms with Gasteiger partial charge in [-0.25, -0.2) is 0 Å². The summed E-state index contributed by atoms with van der Waals surface area (Å²) < 4.78 is 5.62. The van der Waals surface area contributed by atoms with E-state index in [1.54, 1.807) is 7.11 Å². The van der Waals surface area contributed by atoms with E-state index in [0.717, 1.165) is 25.7 Å². The average molecular weight is 214 g/mol. The van der Waals surface area contributed by atoms with E-state index in [9.17, 15) is 10.2 Å². The van der Waals surface area contributed by atoms with Crippen molar-refractivity contribution in [3.8, 4) is 0 Å². The van der Waals surface area contributed by atoms with E-state index in [1.165, 1.54) is 0 Å². The van der Waals surface area contributed by atoms with Crippen LogP contribution in [-0.2, 0) is 4.74 Å². The van der Waals surface area contributed by atoms with Crippen molar-refractivity contribution < 1.29 is 14.9 Å². The number of hydrogen-bond donors (Lipinski definition) is 2. The van der Waals surface area contributed by atoms with E-state index in [-0.39, 0.29) is 11.7 Å². The van der Waals surface area contributed by atoms with E-state index in [0.29, 0.717) is 18.8 Å². The predicted octanol–water partition coefficient (Wildman–Crippen LogP) is 1.47. The Hall–Kier alpha value is -0.120. The summed E-state index contributed by atoms with van der Waals surface area (Å²) in [4.78, 5) is 0. The second-order valence-corrected chi connectivity index (χ2v) is 5.51. The SMILES string of the molecule is CCC1(OC)CC2CC(O)CC(O)(C2)C1. The van der Waals surface area contributed by atoms with Crippen LogP contribution < -0.4 is 0 Å². The van der Waals surface area contributed by atoms with Gasteiger partial charge in [0.2, 0.25) is 0 Å². The van der Waals surface area contributed by atoms with Crippen molar-refractivity contribution in [1.29, 1.82) is 0 Å². The van der Waals surface area contributed by atoms with Gasteiger partial charge in [0.25, 0.3) is 0 Å². The molecule has 0 aromatic heterocycles. The highest BCUT2D eigenvalue weighted by Crippen LogP contribution is 2.49. The molecule has 0 spiro atoms. The summed E-state index contributed by atoms with van der Waals surface area (Å²) in [5.41, 5.74) is -0.843. The Morgan fingerprint density at radius 1 is 1.33 bits per heavy atom. The third-order valence-corrected chi connectivity index (χ3v) is 4.28. The zero-order valence-corrected chi connectivity index (χ0v) is 9.70. The summed E-state index contributed by atoms with van der Waals surface area (Å²) in [6.45, 7) is 2.12. The van der Waals surface area contributed by atoms with E-state index in [1.807, 2.05) is 0 Å². The second kappa shape index (κ2) is 3.72. The first-order chi connectivity index (χ1) is 7.01. The zero-order chi connectivity index (χ0) is 11.1. The summed E-state index contributed by atoms with van der Waals surface area (Å²) in [5, 5.41) is 20.1. The second-order valence-electron chi connectivity index (χ2n) is 5.51. The van der Waals surface area contributed by atoms with Gasteiger partial charge in [-0.2, -0.15) is 0 Å². The maximum absolute atomic E-state index is 10.4. The average Bonchev–Trinajstić information content (AvgIpc) is 2.14. The topological polar surface area (TPSA) is 49.7 Å². The molecule has 0 aromatic rings. The molecule has 0 aromatic carbocycles. The molecule has 0 saturated heterocycles. The Bertz CT molecular complexity index is 233. The van der Waals surface area contributed by atoms with Crippen LogP contribution in [0.5, 0.6) is 0 Å². The van der Waals surface area contributed by atoms with Crippen LogP contribution in [0.2, 0.25) is 0 Å². The van der Waals surface area contributed by atoms with Crippen molar-refractivity contribution in [2.75, 3.05) is 7.11 Å². The van der Waals surface area contributed by atoms with Crippen molar-refractivity contribution in [1.82, 2.24) is 0 Å². The van der Waals surface area contributed by atoms with Gasteiger partial charge in [0, 0.05) is 20.0 Å². The van der Waals surface area contributed by atoms with Crippen molar-refractivity contribution in [3.05, 3.63) is 0 Å². The highest BCUT2D eigenvalue weighted by atomic mass is 16.5. The number of rotatable bonds is 2. The van der Waals surface area contributed by atoms with Crippen molar-refractivity contribution >= 4 is 0 Å². The van der Waals surface area contributed by atoms with E-state index >= 15 is 0 Å². The van der Waals surface area contributed by atoms with Crippen LogP contribution in [0.3, 0.4) is 0 Å². The molecule has 3 heteroatoms. The Morgan fingerprint density at radius 2 is 2.07 bits per heavy atom. The fourth-order valence-corrected chi connectivity index (χ4v) is 3.68. The highest BCUT2D eigenvalue weighted by Gasteiger charge is 2.50. The molecule has 88 valence electrons. The maximum atomic E-state index is 10.4. The molecule has 0 heterocycles. The fraction of sp³-hybridized carbons (Fsp3) is 1.00. The van der Waals surface area contributed by atoms with Gasteiger partial charge in [-0.1, -0.05) is 6.92 Å². The quantitative estimate of drug-likeness (QED) is 0.732. The van der Waals surface area contributed by atoms with Crippen LogP contribution in [0.25, 0.3) is 0 Å². The Balaban J connectivity index is 2.18. The Morgan fingerprint density at radius 3 is 2.60 bits per heavy atom. The minimum atomic E-state index is -0.688. The minimum absolute atomic E-state index is 0.155. The van der Waals surface area contributed by atoms with Gasteiger partial charge < -0.3 is 14.9 Å². The van der Waals surface area contributed by atoms with Crippen LogP contribution in [0, 0.1) is 5.92 Å². The molecule has 0 radical (unpaired) electrons. The molecular formula is C12H22O3. The van der Waals surface area contributed by atoms with Crippen LogP contribution in [0.1, 0.15) is 45.4 Å². The lowest BCUT2D eigenvalue weighted by Crippen LogP contribution is -2.54. The number of aliphatic hydroxyl groups is 2. The standard InChI is InChI=1S/C12H22O3/c1-3-12(15-2)6-9-4-10(13)7-11(14,5-9)8-12/h9-10,13-14H,3-8H2,1-2H3. The molecule has 2 bridgehead atoms. The van der Waals surface area contributed by atoms with Crippen LogP contribution in [-0.4, -0.2) is 34.6 Å². The van der Waals surface area contributed by atoms with Gasteiger partial charge in [0.1, 0.15) is 0 Å². The van der Waals surface area contributed by atoms with Crippen LogP contribution >= 0.6 is 0 Å². The number of hydrogen-bond acceptors (Lipinski definition) is 3. The smallest absolute Gasteiger partial charge is 0.0706 e. The molecule has 2 aliphatic carbocycles. The third-order valence-electron chi connectivity index (χ3n) is 4.28. The molecule has 2 N–H and O–H groups in total. The zero-order valence-electron chi connectivity index (χ0n) is 9.70. The van der Waals surface area contributed by atoms with E-state index in [4.69, 9.17) is 4.74 Å². The molecule has 2 rings (SSSR count). The van der Waals surface area contributed by atoms with Gasteiger partial charge in [-0.05, 0) is 31.6 Å². The largest absolute Gasteiger partial charge is 0.393 e. The molecule has 3 nitrogen and oxygen atoms in total. The molecule has 2 saturated carbocycles. The molecular weight excluding hydrogens is 192 g/mol. The Labute approximate surface area is 91.4 Å². The fourth-order valence-electron chi connectivity index (χ4n) is 3.68. The summed E-state index contributed by atoms with van der Waals surface area (Å²) in [5.74, 6) is 0.424. The molecule has 15 heavy (non-hydrogen) atoms. The van der Waals surface area contributed by atoms with Crippen molar-refractivity contribution in [2.24, 2.45) is 5.92 Å². The molecule has 4 unspecified atom stereocenters. The first-order valence-corrected chi connectivity index (χ1v) is 5.96. The Kier molecular flexibility index (Phi) is 2.82. The minimum Gasteiger partial charge on any atom is -0.393 e. The lowest BCUT2D eigenvalue weighted by Gasteiger charge is -2.51. The maximum Gasteiger partial charge on any atom is 0.0706 e. The van der Waals surface area contributed by atoms with Crippen LogP contribution in [0.4, 0.5) is 0 Å². The first kappa shape index (κ1) is 11.4. The van der Waals surface area contributed by atoms with E-state index in [2.05, 4.69) is 6.92 Å². The van der Waals surface area contributed by atoms with Crippen molar-refractivity contribution in [2.45, 2.75) is 62.8 Å². The number of ether oxygens (including phenoxy) is 1. The number of fused-ring (bicyclic) bond motifs is 2. The number of aliphatic hydroxyl groups excluding tert-OH is 1. The van der Waals surface area contributed by atoms with Gasteiger partial charge in [-0.15, -0.1) is 0 Å². The molecule has 2 aliphatic rings. The normalized spacial score (nSPS) is 50.4. The molecule has 0 amide bonds. The van der Waals surface area contributed by atoms with Gasteiger partial charge in [0.15, 0.2) is 0 Å². The first-order valence-electron chi connectivity index (χ1n) is 5.96. The summed E-state index contributed by atoms with van der Waals surface area (Å²) in [7, 11) is 1.74. The predicted molar refractivity (Wildman–Crippen MR) is 57.6 cm³/mol. The van der Waals surface area contributed by atoms with Crippen molar-refractivity contribution in [3.63, 3.8) is 0 Å². The molecule has 0 aliphatic heterocycles. The van der Waals surface area contributed by atoms with Gasteiger partial charge >= 0.3 is 0 Å². The highest BCUT2D eigenvalue weighted by molar-refractivity contribution is 5.03. The summed E-state index contributed by atoms with van der Waals surface area (Å²) >= 11 is 0. The third kappa shape index (κ3) is 2.05. The van der Waals surface area contributed by atoms with E-state index < -0.39 is 5.60 Å². The molecule has 4 atom stereocenters. The molecule has 2 fully saturated rings. The summed E-state index contributed by atoms with van der Waals surface area (Å²) in [6, 6.07) is 0. The number of methoxy groups -OCH3 is 1. The lowest BCUT2D eigenvalue weighted by molar-refractivity contribution is -0.173. The monoisotopic (exact) mass is 214 g/mol. The summed E-state index contributed by atoms with van der Waals surface area (Å²) in [6.07, 6.45) is 4.48. The van der Waals surface area contributed by atoms with Gasteiger partial charge in [0.05, 0.1) is 17.3 Å². The lowest BCUT2D eigenvalue weighted by atomic mass is 9.62.